The second-order valence-electron chi connectivity index (χ2n) is 1.73. The summed E-state index contributed by atoms with van der Waals surface area (Å²) in [5.74, 6) is -0.578. The molecule has 66 valence electrons. The highest BCUT2D eigenvalue weighted by atomic mass is 16.5. The van der Waals surface area contributed by atoms with Gasteiger partial charge in [0.2, 0.25) is 0 Å². The number of hydrogen-bond donors (Lipinski definition) is 2. The maximum absolute atomic E-state index is 10.6. The number of alkyl carbamates (subject to hydrolysis) is 1. The molecule has 0 aromatic heterocycles. The maximum atomic E-state index is 10.6. The fourth-order valence-corrected chi connectivity index (χ4v) is 0.441. The van der Waals surface area contributed by atoms with E-state index in [1.54, 1.807) is 6.92 Å². The topological polar surface area (TPSA) is 91.2 Å². The van der Waals surface area contributed by atoms with Crippen molar-refractivity contribution in [1.29, 1.82) is 5.26 Å². The molecule has 6 nitrogen and oxygen atoms in total. The highest BCUT2D eigenvalue weighted by Crippen LogP contribution is 1.74. The number of nitriles is 1. The van der Waals surface area contributed by atoms with E-state index in [1.165, 1.54) is 6.19 Å². The van der Waals surface area contributed by atoms with E-state index in [1.807, 2.05) is 5.32 Å². The van der Waals surface area contributed by atoms with Crippen molar-refractivity contribution < 1.29 is 14.3 Å². The van der Waals surface area contributed by atoms with Gasteiger partial charge in [-0.3, -0.25) is 10.1 Å². The van der Waals surface area contributed by atoms with Crippen LogP contribution in [0, 0.1) is 11.5 Å². The Morgan fingerprint density at radius 2 is 2.25 bits per heavy atom. The molecule has 6 heteroatoms. The first-order valence-corrected chi connectivity index (χ1v) is 3.29. The third kappa shape index (κ3) is 5.05. The molecule has 0 aliphatic heterocycles. The normalized spacial score (nSPS) is 8.00. The number of hydrogen-bond acceptors (Lipinski definition) is 4. The molecule has 0 aromatic rings. The molecule has 0 aromatic carbocycles. The molecule has 0 heterocycles. The van der Waals surface area contributed by atoms with Crippen molar-refractivity contribution in [2.24, 2.45) is 0 Å². The van der Waals surface area contributed by atoms with Gasteiger partial charge in [-0.25, -0.2) is 4.79 Å². The van der Waals surface area contributed by atoms with E-state index in [0.717, 1.165) is 0 Å². The first-order chi connectivity index (χ1) is 5.70. The van der Waals surface area contributed by atoms with Gasteiger partial charge in [-0.15, -0.1) is 0 Å². The minimum atomic E-state index is -0.675. The molecular formula is C6H9N3O3. The first kappa shape index (κ1) is 10.2. The van der Waals surface area contributed by atoms with E-state index in [0.29, 0.717) is 0 Å². The minimum absolute atomic E-state index is 0.242. The maximum Gasteiger partial charge on any atom is 0.407 e. The molecule has 0 atom stereocenters. The van der Waals surface area contributed by atoms with Crippen molar-refractivity contribution in [2.45, 2.75) is 6.92 Å². The SMILES string of the molecule is CCOC(=O)NCC(=O)NC#N. The highest BCUT2D eigenvalue weighted by molar-refractivity contribution is 5.83. The van der Waals surface area contributed by atoms with E-state index >= 15 is 0 Å². The van der Waals surface area contributed by atoms with Crippen LogP contribution in [-0.2, 0) is 9.53 Å². The fraction of sp³-hybridized carbons (Fsp3) is 0.500. The molecule has 0 unspecified atom stereocenters. The lowest BCUT2D eigenvalue weighted by molar-refractivity contribution is -0.119. The third-order valence-electron chi connectivity index (χ3n) is 0.864. The van der Waals surface area contributed by atoms with E-state index in [2.05, 4.69) is 10.1 Å². The Kier molecular flexibility index (Phi) is 5.09. The Hall–Kier alpha value is -1.77. The van der Waals surface area contributed by atoms with Gasteiger partial charge in [-0.2, -0.15) is 5.26 Å². The summed E-state index contributed by atoms with van der Waals surface area (Å²) in [6.45, 7) is 1.63. The Labute approximate surface area is 69.5 Å². The summed E-state index contributed by atoms with van der Waals surface area (Å²) in [5.41, 5.74) is 0. The van der Waals surface area contributed by atoms with Crippen LogP contribution in [0.15, 0.2) is 0 Å². The zero-order valence-electron chi connectivity index (χ0n) is 6.59. The second kappa shape index (κ2) is 5.97. The van der Waals surface area contributed by atoms with Crippen LogP contribution in [0.3, 0.4) is 0 Å². The van der Waals surface area contributed by atoms with E-state index in [4.69, 9.17) is 5.26 Å². The number of nitrogens with one attached hydrogen (secondary N) is 2. The van der Waals surface area contributed by atoms with Gasteiger partial charge < -0.3 is 10.1 Å². The Balaban J connectivity index is 3.48. The predicted octanol–water partition coefficient (Wildman–Crippen LogP) is -0.670. The average molecular weight is 171 g/mol. The lowest BCUT2D eigenvalue weighted by atomic mass is 10.6. The molecular weight excluding hydrogens is 162 g/mol. The van der Waals surface area contributed by atoms with Crippen LogP contribution in [-0.4, -0.2) is 25.2 Å². The predicted molar refractivity (Wildman–Crippen MR) is 38.8 cm³/mol. The van der Waals surface area contributed by atoms with Crippen LogP contribution in [0.1, 0.15) is 6.92 Å². The van der Waals surface area contributed by atoms with Gasteiger partial charge in [-0.05, 0) is 6.92 Å². The summed E-state index contributed by atoms with van der Waals surface area (Å²) < 4.78 is 4.46. The van der Waals surface area contributed by atoms with Crippen LogP contribution < -0.4 is 10.6 Å². The van der Waals surface area contributed by atoms with Gasteiger partial charge in [-0.1, -0.05) is 0 Å². The van der Waals surface area contributed by atoms with E-state index in [-0.39, 0.29) is 13.2 Å². The smallest absolute Gasteiger partial charge is 0.407 e. The van der Waals surface area contributed by atoms with Crippen molar-refractivity contribution in [3.8, 4) is 6.19 Å². The molecule has 0 rings (SSSR count). The standard InChI is InChI=1S/C6H9N3O3/c1-2-12-6(11)8-3-5(10)9-4-7/h2-3H2,1H3,(H,8,11)(H,9,10). The minimum Gasteiger partial charge on any atom is -0.450 e. The summed E-state index contributed by atoms with van der Waals surface area (Å²) >= 11 is 0. The third-order valence-corrected chi connectivity index (χ3v) is 0.864. The molecule has 0 aliphatic rings. The molecule has 0 fully saturated rings. The van der Waals surface area contributed by atoms with E-state index in [9.17, 15) is 9.59 Å². The van der Waals surface area contributed by atoms with Gasteiger partial charge in [0.05, 0.1) is 6.61 Å². The fourth-order valence-electron chi connectivity index (χ4n) is 0.441. The van der Waals surface area contributed by atoms with Gasteiger partial charge in [0, 0.05) is 0 Å². The monoisotopic (exact) mass is 171 g/mol. The Morgan fingerprint density at radius 1 is 1.58 bits per heavy atom. The van der Waals surface area contributed by atoms with Crippen LogP contribution >= 0.6 is 0 Å². The Bertz CT molecular complexity index is 209. The summed E-state index contributed by atoms with van der Waals surface area (Å²) in [4.78, 5) is 21.1. The van der Waals surface area contributed by atoms with Crippen LogP contribution in [0.5, 0.6) is 0 Å². The number of amides is 2. The molecule has 0 saturated carbocycles. The summed E-state index contributed by atoms with van der Waals surface area (Å²) in [6, 6.07) is 0. The summed E-state index contributed by atoms with van der Waals surface area (Å²) in [6.07, 6.45) is 0.756. The van der Waals surface area contributed by atoms with Crippen molar-refractivity contribution in [3.05, 3.63) is 0 Å². The molecule has 0 aliphatic carbocycles. The number of carbonyl (C=O) groups excluding carboxylic acids is 2. The van der Waals surface area contributed by atoms with Gasteiger partial charge >= 0.3 is 6.09 Å². The lowest BCUT2D eigenvalue weighted by Gasteiger charge is -2.02. The molecule has 12 heavy (non-hydrogen) atoms. The quantitative estimate of drug-likeness (QED) is 0.435. The average Bonchev–Trinajstić information content (AvgIpc) is 2.02. The molecule has 0 saturated heterocycles. The Morgan fingerprint density at radius 3 is 2.75 bits per heavy atom. The van der Waals surface area contributed by atoms with Crippen LogP contribution in [0.25, 0.3) is 0 Å². The van der Waals surface area contributed by atoms with Crippen LogP contribution in [0.2, 0.25) is 0 Å². The number of nitrogens with zero attached hydrogens (tertiary/aromatic N) is 1. The van der Waals surface area contributed by atoms with Gasteiger partial charge in [0.25, 0.3) is 5.91 Å². The first-order valence-electron chi connectivity index (χ1n) is 3.29. The largest absolute Gasteiger partial charge is 0.450 e. The number of rotatable bonds is 3. The highest BCUT2D eigenvalue weighted by Gasteiger charge is 2.03. The van der Waals surface area contributed by atoms with Crippen LogP contribution in [0.4, 0.5) is 4.79 Å². The molecule has 0 bridgehead atoms. The second-order valence-corrected chi connectivity index (χ2v) is 1.73. The number of carbonyl (C=O) groups is 2. The van der Waals surface area contributed by atoms with E-state index < -0.39 is 12.0 Å². The molecule has 0 radical (unpaired) electrons. The molecule has 2 amide bonds. The van der Waals surface area contributed by atoms with Crippen molar-refractivity contribution >= 4 is 12.0 Å². The van der Waals surface area contributed by atoms with Crippen molar-refractivity contribution in [1.82, 2.24) is 10.6 Å². The van der Waals surface area contributed by atoms with Crippen molar-refractivity contribution in [3.63, 3.8) is 0 Å². The summed E-state index contributed by atoms with van der Waals surface area (Å²) in [5, 5.41) is 12.0. The van der Waals surface area contributed by atoms with Gasteiger partial charge in [0.1, 0.15) is 6.54 Å². The summed E-state index contributed by atoms with van der Waals surface area (Å²) in [7, 11) is 0. The van der Waals surface area contributed by atoms with Crippen molar-refractivity contribution in [2.75, 3.05) is 13.2 Å². The molecule has 0 spiro atoms. The van der Waals surface area contributed by atoms with Gasteiger partial charge in [0.15, 0.2) is 6.19 Å². The zero-order chi connectivity index (χ0) is 9.40. The molecule has 2 N–H and O–H groups in total. The zero-order valence-corrected chi connectivity index (χ0v) is 6.59. The number of ether oxygens (including phenoxy) is 1. The lowest BCUT2D eigenvalue weighted by Crippen LogP contribution is -2.35.